The van der Waals surface area contributed by atoms with Crippen LogP contribution in [0.3, 0.4) is 0 Å². The Bertz CT molecular complexity index is 632. The SMILES string of the molecule is COC1CCN(C(=O)NCC(C)(C)c2ccc3c(c2)OCO3)C(C)C1. The Balaban J connectivity index is 1.59. The van der Waals surface area contributed by atoms with E-state index in [1.54, 1.807) is 7.11 Å². The smallest absolute Gasteiger partial charge is 0.317 e. The first kappa shape index (κ1) is 17.9. The van der Waals surface area contributed by atoms with Crippen LogP contribution in [0.1, 0.15) is 39.2 Å². The number of fused-ring (bicyclic) bond motifs is 1. The molecule has 1 N–H and O–H groups in total. The summed E-state index contributed by atoms with van der Waals surface area (Å²) in [5.41, 5.74) is 0.910. The van der Waals surface area contributed by atoms with Gasteiger partial charge in [0, 0.05) is 31.7 Å². The predicted octanol–water partition coefficient (Wildman–Crippen LogP) is 2.90. The number of methoxy groups -OCH3 is 1. The molecule has 6 heteroatoms. The molecule has 0 aromatic heterocycles. The number of carbonyl (C=O) groups is 1. The zero-order valence-electron chi connectivity index (χ0n) is 15.5. The van der Waals surface area contributed by atoms with Gasteiger partial charge in [-0.3, -0.25) is 0 Å². The van der Waals surface area contributed by atoms with E-state index >= 15 is 0 Å². The molecule has 0 bridgehead atoms. The molecule has 1 fully saturated rings. The summed E-state index contributed by atoms with van der Waals surface area (Å²) in [7, 11) is 1.74. The molecule has 2 aliphatic rings. The van der Waals surface area contributed by atoms with E-state index in [-0.39, 0.29) is 30.4 Å². The number of amides is 2. The van der Waals surface area contributed by atoms with E-state index in [0.717, 1.165) is 36.4 Å². The van der Waals surface area contributed by atoms with Crippen molar-refractivity contribution < 1.29 is 19.0 Å². The summed E-state index contributed by atoms with van der Waals surface area (Å²) in [6, 6.07) is 6.15. The van der Waals surface area contributed by atoms with Crippen molar-refractivity contribution >= 4 is 6.03 Å². The van der Waals surface area contributed by atoms with E-state index in [1.807, 2.05) is 23.1 Å². The molecule has 2 unspecified atom stereocenters. The molecule has 1 saturated heterocycles. The molecular formula is C19H28N2O4. The Morgan fingerprint density at radius 1 is 1.36 bits per heavy atom. The number of likely N-dealkylation sites (tertiary alicyclic amines) is 1. The summed E-state index contributed by atoms with van der Waals surface area (Å²) >= 11 is 0. The van der Waals surface area contributed by atoms with Gasteiger partial charge in [0.25, 0.3) is 0 Å². The lowest BCUT2D eigenvalue weighted by molar-refractivity contribution is 0.0292. The third kappa shape index (κ3) is 3.84. The highest BCUT2D eigenvalue weighted by Crippen LogP contribution is 2.36. The molecule has 3 rings (SSSR count). The van der Waals surface area contributed by atoms with Crippen LogP contribution in [0.2, 0.25) is 0 Å². The minimum absolute atomic E-state index is 0.00382. The second-order valence-corrected chi connectivity index (χ2v) is 7.54. The molecule has 6 nitrogen and oxygen atoms in total. The van der Waals surface area contributed by atoms with Crippen molar-refractivity contribution in [1.82, 2.24) is 10.2 Å². The molecule has 2 amide bonds. The normalized spacial score (nSPS) is 22.8. The van der Waals surface area contributed by atoms with E-state index in [0.29, 0.717) is 6.54 Å². The van der Waals surface area contributed by atoms with Gasteiger partial charge in [0.15, 0.2) is 11.5 Å². The zero-order chi connectivity index (χ0) is 18.0. The van der Waals surface area contributed by atoms with Gasteiger partial charge >= 0.3 is 6.03 Å². The zero-order valence-corrected chi connectivity index (χ0v) is 15.5. The second kappa shape index (κ2) is 7.12. The fourth-order valence-corrected chi connectivity index (χ4v) is 3.46. The fraction of sp³-hybridized carbons (Fsp3) is 0.632. The van der Waals surface area contributed by atoms with Crippen LogP contribution in [-0.4, -0.2) is 50.1 Å². The molecule has 0 spiro atoms. The first-order valence-corrected chi connectivity index (χ1v) is 8.88. The Hall–Kier alpha value is -1.95. The molecule has 0 aliphatic carbocycles. The first-order valence-electron chi connectivity index (χ1n) is 8.88. The average Bonchev–Trinajstić information content (AvgIpc) is 3.07. The van der Waals surface area contributed by atoms with Crippen LogP contribution >= 0.6 is 0 Å². The number of rotatable bonds is 4. The molecule has 0 saturated carbocycles. The second-order valence-electron chi connectivity index (χ2n) is 7.54. The molecule has 0 radical (unpaired) electrons. The van der Waals surface area contributed by atoms with Crippen molar-refractivity contribution in [3.63, 3.8) is 0 Å². The predicted molar refractivity (Wildman–Crippen MR) is 95.2 cm³/mol. The minimum Gasteiger partial charge on any atom is -0.454 e. The van der Waals surface area contributed by atoms with Crippen molar-refractivity contribution in [3.05, 3.63) is 23.8 Å². The van der Waals surface area contributed by atoms with Crippen LogP contribution in [-0.2, 0) is 10.2 Å². The van der Waals surface area contributed by atoms with Crippen LogP contribution in [0.15, 0.2) is 18.2 Å². The van der Waals surface area contributed by atoms with Gasteiger partial charge in [0.1, 0.15) is 0 Å². The van der Waals surface area contributed by atoms with Crippen molar-refractivity contribution in [2.45, 2.75) is 51.2 Å². The van der Waals surface area contributed by atoms with Crippen LogP contribution < -0.4 is 14.8 Å². The van der Waals surface area contributed by atoms with E-state index in [9.17, 15) is 4.79 Å². The highest BCUT2D eigenvalue weighted by molar-refractivity contribution is 5.74. The average molecular weight is 348 g/mol. The number of hydrogen-bond acceptors (Lipinski definition) is 4. The maximum absolute atomic E-state index is 12.6. The van der Waals surface area contributed by atoms with Gasteiger partial charge in [-0.25, -0.2) is 4.79 Å². The van der Waals surface area contributed by atoms with Crippen LogP contribution in [0, 0.1) is 0 Å². The van der Waals surface area contributed by atoms with Gasteiger partial charge in [0.05, 0.1) is 6.10 Å². The Kier molecular flexibility index (Phi) is 5.08. The van der Waals surface area contributed by atoms with E-state index < -0.39 is 0 Å². The Labute approximate surface area is 149 Å². The molecule has 25 heavy (non-hydrogen) atoms. The summed E-state index contributed by atoms with van der Waals surface area (Å²) in [6.07, 6.45) is 2.03. The summed E-state index contributed by atoms with van der Waals surface area (Å²) in [5.74, 6) is 1.55. The van der Waals surface area contributed by atoms with Gasteiger partial charge in [-0.1, -0.05) is 19.9 Å². The highest BCUT2D eigenvalue weighted by atomic mass is 16.7. The number of nitrogens with zero attached hydrogens (tertiary/aromatic N) is 1. The molecule has 2 heterocycles. The highest BCUT2D eigenvalue weighted by Gasteiger charge is 2.30. The quantitative estimate of drug-likeness (QED) is 0.909. The van der Waals surface area contributed by atoms with E-state index in [1.165, 1.54) is 0 Å². The lowest BCUT2D eigenvalue weighted by Crippen LogP contribution is -2.52. The molecular weight excluding hydrogens is 320 g/mol. The van der Waals surface area contributed by atoms with Crippen molar-refractivity contribution in [2.24, 2.45) is 0 Å². The Morgan fingerprint density at radius 2 is 2.12 bits per heavy atom. The number of hydrogen-bond donors (Lipinski definition) is 1. The van der Waals surface area contributed by atoms with E-state index in [4.69, 9.17) is 14.2 Å². The maximum atomic E-state index is 12.6. The standard InChI is InChI=1S/C19H28N2O4/c1-13-9-15(23-4)7-8-21(13)18(22)20-11-19(2,3)14-5-6-16-17(10-14)25-12-24-16/h5-6,10,13,15H,7-9,11-12H2,1-4H3,(H,20,22). The lowest BCUT2D eigenvalue weighted by Gasteiger charge is -2.37. The molecule has 1 aromatic carbocycles. The number of benzene rings is 1. The molecule has 2 atom stereocenters. The summed E-state index contributed by atoms with van der Waals surface area (Å²) in [6.45, 7) is 7.87. The topological polar surface area (TPSA) is 60.0 Å². The van der Waals surface area contributed by atoms with Gasteiger partial charge < -0.3 is 24.4 Å². The monoisotopic (exact) mass is 348 g/mol. The van der Waals surface area contributed by atoms with Crippen molar-refractivity contribution in [1.29, 1.82) is 0 Å². The van der Waals surface area contributed by atoms with E-state index in [2.05, 4.69) is 26.1 Å². The lowest BCUT2D eigenvalue weighted by atomic mass is 9.84. The van der Waals surface area contributed by atoms with Gasteiger partial charge in [-0.05, 0) is 37.5 Å². The third-order valence-corrected chi connectivity index (χ3v) is 5.26. The van der Waals surface area contributed by atoms with Crippen LogP contribution in [0.25, 0.3) is 0 Å². The number of ether oxygens (including phenoxy) is 3. The number of carbonyl (C=O) groups excluding carboxylic acids is 1. The minimum atomic E-state index is -0.204. The van der Waals surface area contributed by atoms with Crippen LogP contribution in [0.4, 0.5) is 4.79 Å². The third-order valence-electron chi connectivity index (χ3n) is 5.26. The fourth-order valence-electron chi connectivity index (χ4n) is 3.46. The van der Waals surface area contributed by atoms with Gasteiger partial charge in [-0.15, -0.1) is 0 Å². The summed E-state index contributed by atoms with van der Waals surface area (Å²) in [4.78, 5) is 14.5. The van der Waals surface area contributed by atoms with Crippen molar-refractivity contribution in [3.8, 4) is 11.5 Å². The first-order chi connectivity index (χ1) is 11.9. The van der Waals surface area contributed by atoms with Crippen molar-refractivity contribution in [2.75, 3.05) is 27.0 Å². The van der Waals surface area contributed by atoms with Gasteiger partial charge in [0.2, 0.25) is 6.79 Å². The van der Waals surface area contributed by atoms with Crippen LogP contribution in [0.5, 0.6) is 11.5 Å². The summed E-state index contributed by atoms with van der Waals surface area (Å²) in [5, 5.41) is 3.10. The molecule has 1 aromatic rings. The Morgan fingerprint density at radius 3 is 2.84 bits per heavy atom. The summed E-state index contributed by atoms with van der Waals surface area (Å²) < 4.78 is 16.2. The van der Waals surface area contributed by atoms with Gasteiger partial charge in [-0.2, -0.15) is 0 Å². The number of urea groups is 1. The largest absolute Gasteiger partial charge is 0.454 e. The molecule has 138 valence electrons. The maximum Gasteiger partial charge on any atom is 0.317 e. The molecule has 2 aliphatic heterocycles. The number of nitrogens with one attached hydrogen (secondary N) is 1. The number of piperidine rings is 1.